The summed E-state index contributed by atoms with van der Waals surface area (Å²) in [6.07, 6.45) is 1.63. The Labute approximate surface area is 135 Å². The molecule has 0 radical (unpaired) electrons. The van der Waals surface area contributed by atoms with Crippen molar-refractivity contribution < 1.29 is 13.9 Å². The van der Waals surface area contributed by atoms with Gasteiger partial charge in [-0.25, -0.2) is 0 Å². The lowest BCUT2D eigenvalue weighted by atomic mass is 9.98. The fraction of sp³-hybridized carbons (Fsp3) is 0.250. The summed E-state index contributed by atoms with van der Waals surface area (Å²) in [5.74, 6) is 1.48. The zero-order chi connectivity index (χ0) is 16.4. The van der Waals surface area contributed by atoms with Gasteiger partial charge in [0.1, 0.15) is 17.1 Å². The summed E-state index contributed by atoms with van der Waals surface area (Å²) in [6.45, 7) is 4.11. The fourth-order valence-corrected chi connectivity index (χ4v) is 2.80. The molecule has 3 heteroatoms. The van der Waals surface area contributed by atoms with E-state index in [4.69, 9.17) is 9.15 Å². The van der Waals surface area contributed by atoms with E-state index in [1.807, 2.05) is 19.1 Å². The number of methoxy groups -OCH3 is 1. The Morgan fingerprint density at radius 1 is 1.04 bits per heavy atom. The van der Waals surface area contributed by atoms with Crippen LogP contribution in [0.3, 0.4) is 0 Å². The van der Waals surface area contributed by atoms with Gasteiger partial charge in [-0.2, -0.15) is 0 Å². The molecular formula is C20H20O3. The van der Waals surface area contributed by atoms with E-state index in [-0.39, 0.29) is 5.78 Å². The second-order valence-corrected chi connectivity index (χ2v) is 5.50. The minimum atomic E-state index is -0.00694. The first-order valence-corrected chi connectivity index (χ1v) is 7.91. The van der Waals surface area contributed by atoms with E-state index in [1.54, 1.807) is 31.4 Å². The smallest absolute Gasteiger partial charge is 0.197 e. The lowest BCUT2D eigenvalue weighted by Gasteiger charge is -2.04. The van der Waals surface area contributed by atoms with Crippen LogP contribution in [0.25, 0.3) is 11.0 Å². The average Bonchev–Trinajstić information content (AvgIpc) is 2.98. The summed E-state index contributed by atoms with van der Waals surface area (Å²) in [5, 5.41) is 0.889. The van der Waals surface area contributed by atoms with Crippen LogP contribution in [-0.2, 0) is 12.8 Å². The molecule has 3 aromatic rings. The van der Waals surface area contributed by atoms with E-state index in [2.05, 4.69) is 13.0 Å². The number of hydrogen-bond donors (Lipinski definition) is 0. The lowest BCUT2D eigenvalue weighted by Crippen LogP contribution is -2.03. The van der Waals surface area contributed by atoms with Crippen molar-refractivity contribution in [3.05, 3.63) is 64.9 Å². The molecule has 0 N–H and O–H groups in total. The number of aryl methyl sites for hydroxylation is 2. The van der Waals surface area contributed by atoms with Gasteiger partial charge < -0.3 is 9.15 Å². The predicted octanol–water partition coefficient (Wildman–Crippen LogP) is 4.80. The summed E-state index contributed by atoms with van der Waals surface area (Å²) >= 11 is 0. The molecule has 1 heterocycles. The molecular weight excluding hydrogens is 288 g/mol. The number of carbonyl (C=O) groups excluding carboxylic acids is 1. The molecule has 0 unspecified atom stereocenters. The van der Waals surface area contributed by atoms with Crippen molar-refractivity contribution in [1.82, 2.24) is 0 Å². The molecule has 0 atom stereocenters. The molecule has 0 aliphatic heterocycles. The number of ether oxygens (including phenoxy) is 1. The largest absolute Gasteiger partial charge is 0.497 e. The maximum Gasteiger partial charge on any atom is 0.197 e. The third-order valence-electron chi connectivity index (χ3n) is 4.14. The number of hydrogen-bond acceptors (Lipinski definition) is 3. The molecule has 1 aromatic heterocycles. The van der Waals surface area contributed by atoms with E-state index in [9.17, 15) is 4.79 Å². The van der Waals surface area contributed by atoms with Crippen molar-refractivity contribution >= 4 is 16.8 Å². The number of benzene rings is 2. The molecule has 0 spiro atoms. The van der Waals surface area contributed by atoms with Crippen LogP contribution in [0, 0.1) is 0 Å². The van der Waals surface area contributed by atoms with Crippen LogP contribution in [0.4, 0.5) is 0 Å². The minimum Gasteiger partial charge on any atom is -0.497 e. The monoisotopic (exact) mass is 308 g/mol. The van der Waals surface area contributed by atoms with Crippen LogP contribution in [0.15, 0.2) is 46.9 Å². The normalized spacial score (nSPS) is 10.9. The van der Waals surface area contributed by atoms with Crippen LogP contribution >= 0.6 is 0 Å². The number of furan rings is 1. The third kappa shape index (κ3) is 2.74. The van der Waals surface area contributed by atoms with Gasteiger partial charge >= 0.3 is 0 Å². The summed E-state index contributed by atoms with van der Waals surface area (Å²) < 4.78 is 11.1. The van der Waals surface area contributed by atoms with E-state index < -0.39 is 0 Å². The van der Waals surface area contributed by atoms with Gasteiger partial charge in [0.2, 0.25) is 0 Å². The van der Waals surface area contributed by atoms with Crippen LogP contribution < -0.4 is 4.74 Å². The molecule has 0 aliphatic carbocycles. The first-order chi connectivity index (χ1) is 11.2. The van der Waals surface area contributed by atoms with Crippen molar-refractivity contribution in [2.24, 2.45) is 0 Å². The molecule has 0 saturated carbocycles. The van der Waals surface area contributed by atoms with Gasteiger partial charge in [0.15, 0.2) is 5.78 Å². The Balaban J connectivity index is 2.11. The van der Waals surface area contributed by atoms with E-state index in [0.29, 0.717) is 17.5 Å². The first kappa shape index (κ1) is 15.3. The van der Waals surface area contributed by atoms with Crippen molar-refractivity contribution in [2.45, 2.75) is 26.7 Å². The Kier molecular flexibility index (Phi) is 4.20. The SMILES string of the molecule is CCc1ccc2c(C(=O)c3ccc(OC)cc3)c(CC)oc2c1. The number of fused-ring (bicyclic) bond motifs is 1. The molecule has 118 valence electrons. The van der Waals surface area contributed by atoms with Crippen LogP contribution in [-0.4, -0.2) is 12.9 Å². The topological polar surface area (TPSA) is 39.4 Å². The Bertz CT molecular complexity index is 841. The minimum absolute atomic E-state index is 0.00694. The van der Waals surface area contributed by atoms with Crippen molar-refractivity contribution in [2.75, 3.05) is 7.11 Å². The highest BCUT2D eigenvalue weighted by Gasteiger charge is 2.21. The maximum absolute atomic E-state index is 13.0. The van der Waals surface area contributed by atoms with E-state index in [0.717, 1.165) is 28.9 Å². The van der Waals surface area contributed by atoms with E-state index >= 15 is 0 Å². The maximum atomic E-state index is 13.0. The molecule has 0 bridgehead atoms. The molecule has 2 aromatic carbocycles. The van der Waals surface area contributed by atoms with Crippen molar-refractivity contribution in [3.63, 3.8) is 0 Å². The molecule has 0 fully saturated rings. The van der Waals surface area contributed by atoms with Gasteiger partial charge in [-0.1, -0.05) is 26.0 Å². The molecule has 23 heavy (non-hydrogen) atoms. The van der Waals surface area contributed by atoms with Crippen LogP contribution in [0.2, 0.25) is 0 Å². The first-order valence-electron chi connectivity index (χ1n) is 7.91. The van der Waals surface area contributed by atoms with Crippen molar-refractivity contribution in [1.29, 1.82) is 0 Å². The van der Waals surface area contributed by atoms with Gasteiger partial charge in [-0.05, 0) is 42.3 Å². The third-order valence-corrected chi connectivity index (χ3v) is 4.14. The predicted molar refractivity (Wildman–Crippen MR) is 91.4 cm³/mol. The fourth-order valence-electron chi connectivity index (χ4n) is 2.80. The Morgan fingerprint density at radius 2 is 1.78 bits per heavy atom. The summed E-state index contributed by atoms with van der Waals surface area (Å²) in [7, 11) is 1.61. The molecule has 0 aliphatic rings. The molecule has 3 rings (SSSR count). The van der Waals surface area contributed by atoms with Crippen LogP contribution in [0.1, 0.15) is 41.1 Å². The van der Waals surface area contributed by atoms with Gasteiger partial charge in [-0.3, -0.25) is 4.79 Å². The zero-order valence-electron chi connectivity index (χ0n) is 13.7. The lowest BCUT2D eigenvalue weighted by molar-refractivity contribution is 0.103. The number of rotatable bonds is 5. The summed E-state index contributed by atoms with van der Waals surface area (Å²) in [6, 6.07) is 13.3. The zero-order valence-corrected chi connectivity index (χ0v) is 13.7. The second-order valence-electron chi connectivity index (χ2n) is 5.50. The standard InChI is InChI=1S/C20H20O3/c1-4-13-6-11-16-18(12-13)23-17(5-2)19(16)20(21)14-7-9-15(22-3)10-8-14/h6-12H,4-5H2,1-3H3. The average molecular weight is 308 g/mol. The van der Waals surface area contributed by atoms with Gasteiger partial charge in [0, 0.05) is 17.4 Å². The molecule has 0 saturated heterocycles. The Hall–Kier alpha value is -2.55. The van der Waals surface area contributed by atoms with Gasteiger partial charge in [0.25, 0.3) is 0 Å². The van der Waals surface area contributed by atoms with Gasteiger partial charge in [0.05, 0.1) is 12.7 Å². The highest BCUT2D eigenvalue weighted by atomic mass is 16.5. The highest BCUT2D eigenvalue weighted by Crippen LogP contribution is 2.30. The number of carbonyl (C=O) groups is 1. The molecule has 0 amide bonds. The quantitative estimate of drug-likeness (QED) is 0.636. The van der Waals surface area contributed by atoms with Crippen LogP contribution in [0.5, 0.6) is 5.75 Å². The highest BCUT2D eigenvalue weighted by molar-refractivity contribution is 6.16. The number of ketones is 1. The molecule has 3 nitrogen and oxygen atoms in total. The summed E-state index contributed by atoms with van der Waals surface area (Å²) in [5.41, 5.74) is 3.31. The second kappa shape index (κ2) is 6.29. The Morgan fingerprint density at radius 3 is 2.39 bits per heavy atom. The van der Waals surface area contributed by atoms with E-state index in [1.165, 1.54) is 5.56 Å². The van der Waals surface area contributed by atoms with Gasteiger partial charge in [-0.15, -0.1) is 0 Å². The van der Waals surface area contributed by atoms with Crippen molar-refractivity contribution in [3.8, 4) is 5.75 Å². The summed E-state index contributed by atoms with van der Waals surface area (Å²) in [4.78, 5) is 13.0.